The summed E-state index contributed by atoms with van der Waals surface area (Å²) in [6, 6.07) is 12.4. The van der Waals surface area contributed by atoms with Crippen LogP contribution in [0.15, 0.2) is 47.5 Å². The Hall–Kier alpha value is -3.19. The molecule has 3 aromatic rings. The molecule has 0 saturated carbocycles. The van der Waals surface area contributed by atoms with Gasteiger partial charge in [-0.05, 0) is 43.2 Å². The summed E-state index contributed by atoms with van der Waals surface area (Å²) in [4.78, 5) is 17.4. The summed E-state index contributed by atoms with van der Waals surface area (Å²) in [6.45, 7) is 5.81. The molecule has 1 atom stereocenters. The van der Waals surface area contributed by atoms with Crippen molar-refractivity contribution in [3.8, 4) is 11.4 Å². The summed E-state index contributed by atoms with van der Waals surface area (Å²) >= 11 is 6.07. The largest absolute Gasteiger partial charge is 0.508 e. The molecule has 30 heavy (non-hydrogen) atoms. The van der Waals surface area contributed by atoms with Gasteiger partial charge in [-0.1, -0.05) is 37.6 Å². The highest BCUT2D eigenvalue weighted by Gasteiger charge is 2.29. The van der Waals surface area contributed by atoms with E-state index in [2.05, 4.69) is 15.5 Å². The summed E-state index contributed by atoms with van der Waals surface area (Å²) in [5.74, 6) is 1.39. The number of phenols is 1. The van der Waals surface area contributed by atoms with Crippen molar-refractivity contribution < 1.29 is 9.90 Å². The number of fused-ring (bicyclic) bond motifs is 3. The minimum absolute atomic E-state index is 0.116. The van der Waals surface area contributed by atoms with Crippen molar-refractivity contribution in [1.29, 1.82) is 0 Å². The number of nitrogens with one attached hydrogen (secondary N) is 1. The van der Waals surface area contributed by atoms with Gasteiger partial charge < -0.3 is 10.4 Å². The van der Waals surface area contributed by atoms with Crippen LogP contribution in [0, 0.1) is 12.8 Å². The SMILES string of the molecule is Cc1nnc2n1-c1ccc(O)cc1C(c1ccc(Cl)cc1)=N[C@H]2NC(=O)CC(C)C. The number of amides is 1. The number of carbonyl (C=O) groups excluding carboxylic acids is 1. The van der Waals surface area contributed by atoms with E-state index in [1.165, 1.54) is 0 Å². The van der Waals surface area contributed by atoms with Gasteiger partial charge in [-0.15, -0.1) is 10.2 Å². The second-order valence-corrected chi connectivity index (χ2v) is 8.13. The van der Waals surface area contributed by atoms with Gasteiger partial charge in [-0.2, -0.15) is 0 Å². The average molecular weight is 424 g/mol. The lowest BCUT2D eigenvalue weighted by molar-refractivity contribution is -0.122. The molecule has 2 heterocycles. The van der Waals surface area contributed by atoms with Gasteiger partial charge in [0.2, 0.25) is 5.91 Å². The van der Waals surface area contributed by atoms with Crippen molar-refractivity contribution in [3.63, 3.8) is 0 Å². The number of aromatic hydroxyl groups is 1. The molecule has 4 rings (SSSR count). The topological polar surface area (TPSA) is 92.4 Å². The molecule has 0 spiro atoms. The summed E-state index contributed by atoms with van der Waals surface area (Å²) in [5.41, 5.74) is 2.92. The lowest BCUT2D eigenvalue weighted by atomic mass is 10.00. The third-order valence-corrected chi connectivity index (χ3v) is 5.09. The molecule has 2 N–H and O–H groups in total. The van der Waals surface area contributed by atoms with Crippen molar-refractivity contribution in [3.05, 3.63) is 70.3 Å². The molecule has 1 amide bonds. The second kappa shape index (κ2) is 7.91. The van der Waals surface area contributed by atoms with Crippen LogP contribution in [0.25, 0.3) is 5.69 Å². The molecule has 7 nitrogen and oxygen atoms in total. The molecule has 2 aromatic carbocycles. The van der Waals surface area contributed by atoms with E-state index in [0.717, 1.165) is 11.3 Å². The molecule has 154 valence electrons. The highest BCUT2D eigenvalue weighted by Crippen LogP contribution is 2.32. The number of aliphatic imine (C=N–C) groups is 1. The van der Waals surface area contributed by atoms with Gasteiger partial charge in [0.15, 0.2) is 12.0 Å². The molecule has 0 fully saturated rings. The lowest BCUT2D eigenvalue weighted by Crippen LogP contribution is -2.30. The van der Waals surface area contributed by atoms with Gasteiger partial charge >= 0.3 is 0 Å². The first-order chi connectivity index (χ1) is 14.3. The van der Waals surface area contributed by atoms with Crippen LogP contribution in [0.5, 0.6) is 5.75 Å². The molecule has 0 bridgehead atoms. The number of carbonyl (C=O) groups is 1. The van der Waals surface area contributed by atoms with Gasteiger partial charge in [-0.3, -0.25) is 14.4 Å². The number of benzene rings is 2. The smallest absolute Gasteiger partial charge is 0.222 e. The van der Waals surface area contributed by atoms with Crippen LogP contribution in [-0.2, 0) is 4.79 Å². The van der Waals surface area contributed by atoms with Crippen LogP contribution >= 0.6 is 11.6 Å². The maximum atomic E-state index is 12.6. The van der Waals surface area contributed by atoms with Crippen LogP contribution in [0.3, 0.4) is 0 Å². The summed E-state index contributed by atoms with van der Waals surface area (Å²) < 4.78 is 1.86. The molecule has 0 unspecified atom stereocenters. The van der Waals surface area contributed by atoms with Gasteiger partial charge in [0, 0.05) is 22.6 Å². The highest BCUT2D eigenvalue weighted by molar-refractivity contribution is 6.30. The summed E-state index contributed by atoms with van der Waals surface area (Å²) in [7, 11) is 0. The number of phenolic OH excluding ortho intramolecular Hbond substituents is 1. The van der Waals surface area contributed by atoms with E-state index in [4.69, 9.17) is 16.6 Å². The molecular formula is C22H22ClN5O2. The Balaban J connectivity index is 1.92. The quantitative estimate of drug-likeness (QED) is 0.664. The number of halogens is 1. The minimum Gasteiger partial charge on any atom is -0.508 e. The molecule has 0 aliphatic carbocycles. The zero-order valence-corrected chi connectivity index (χ0v) is 17.7. The van der Waals surface area contributed by atoms with Gasteiger partial charge in [0.25, 0.3) is 0 Å². The fourth-order valence-electron chi connectivity index (χ4n) is 3.54. The van der Waals surface area contributed by atoms with Crippen LogP contribution in [0.2, 0.25) is 5.02 Å². The predicted molar refractivity (Wildman–Crippen MR) is 115 cm³/mol. The highest BCUT2D eigenvalue weighted by atomic mass is 35.5. The van der Waals surface area contributed by atoms with E-state index < -0.39 is 6.17 Å². The zero-order chi connectivity index (χ0) is 21.4. The number of hydrogen-bond acceptors (Lipinski definition) is 5. The molecule has 0 saturated heterocycles. The van der Waals surface area contributed by atoms with Crippen molar-refractivity contribution in [2.45, 2.75) is 33.4 Å². The normalized spacial score (nSPS) is 15.2. The van der Waals surface area contributed by atoms with Gasteiger partial charge in [0.1, 0.15) is 11.6 Å². The Kier molecular flexibility index (Phi) is 5.30. The number of aryl methyl sites for hydroxylation is 1. The van der Waals surface area contributed by atoms with Crippen molar-refractivity contribution in [1.82, 2.24) is 20.1 Å². The minimum atomic E-state index is -0.724. The van der Waals surface area contributed by atoms with Gasteiger partial charge in [-0.25, -0.2) is 0 Å². The van der Waals surface area contributed by atoms with Crippen LogP contribution < -0.4 is 5.32 Å². The fraction of sp³-hybridized carbons (Fsp3) is 0.273. The first-order valence-corrected chi connectivity index (χ1v) is 10.1. The Labute approximate surface area is 179 Å². The maximum absolute atomic E-state index is 12.6. The Morgan fingerprint density at radius 2 is 1.93 bits per heavy atom. The number of rotatable bonds is 4. The predicted octanol–water partition coefficient (Wildman–Crippen LogP) is 3.95. The molecule has 8 heteroatoms. The standard InChI is InChI=1S/C22H22ClN5O2/c1-12(2)10-19(30)24-21-22-27-26-13(3)28(22)18-9-8-16(29)11-17(18)20(25-21)14-4-6-15(23)7-5-14/h4-9,11-12,21,29H,10H2,1-3H3,(H,24,30)/t21-/m1/s1. The van der Waals surface area contributed by atoms with Crippen molar-refractivity contribution in [2.75, 3.05) is 0 Å². The number of aromatic nitrogens is 3. The Morgan fingerprint density at radius 1 is 1.20 bits per heavy atom. The van der Waals surface area contributed by atoms with Crippen LogP contribution in [0.1, 0.15) is 49.2 Å². The van der Waals surface area contributed by atoms with E-state index in [9.17, 15) is 9.90 Å². The molecule has 1 aliphatic heterocycles. The second-order valence-electron chi connectivity index (χ2n) is 7.69. The summed E-state index contributed by atoms with van der Waals surface area (Å²) in [6.07, 6.45) is -0.346. The Morgan fingerprint density at radius 3 is 2.63 bits per heavy atom. The van der Waals surface area contributed by atoms with Crippen LogP contribution in [0.4, 0.5) is 0 Å². The third kappa shape index (κ3) is 3.80. The lowest BCUT2D eigenvalue weighted by Gasteiger charge is -2.15. The number of nitrogens with zero attached hydrogens (tertiary/aromatic N) is 4. The fourth-order valence-corrected chi connectivity index (χ4v) is 3.66. The molecule has 1 aliphatic rings. The van der Waals surface area contributed by atoms with Crippen molar-refractivity contribution in [2.24, 2.45) is 10.9 Å². The first-order valence-electron chi connectivity index (χ1n) is 9.72. The van der Waals surface area contributed by atoms with Crippen LogP contribution in [-0.4, -0.2) is 31.5 Å². The Bertz CT molecular complexity index is 1130. The van der Waals surface area contributed by atoms with E-state index in [1.807, 2.05) is 37.5 Å². The molecular weight excluding hydrogens is 402 g/mol. The molecule has 0 radical (unpaired) electrons. The van der Waals surface area contributed by atoms with E-state index in [1.54, 1.807) is 30.3 Å². The third-order valence-electron chi connectivity index (χ3n) is 4.84. The van der Waals surface area contributed by atoms with E-state index >= 15 is 0 Å². The first kappa shape index (κ1) is 20.1. The van der Waals surface area contributed by atoms with Crippen molar-refractivity contribution >= 4 is 23.2 Å². The van der Waals surface area contributed by atoms with E-state index in [0.29, 0.717) is 34.4 Å². The van der Waals surface area contributed by atoms with E-state index in [-0.39, 0.29) is 17.6 Å². The average Bonchev–Trinajstić information content (AvgIpc) is 3.00. The summed E-state index contributed by atoms with van der Waals surface area (Å²) in [5, 5.41) is 22.3. The maximum Gasteiger partial charge on any atom is 0.222 e. The monoisotopic (exact) mass is 423 g/mol. The van der Waals surface area contributed by atoms with Gasteiger partial charge in [0.05, 0.1) is 11.4 Å². The molecule has 1 aromatic heterocycles. The zero-order valence-electron chi connectivity index (χ0n) is 16.9. The number of hydrogen-bond donors (Lipinski definition) is 2.